The average Bonchev–Trinajstić information content (AvgIpc) is 3.26. The van der Waals surface area contributed by atoms with E-state index < -0.39 is 0 Å². The van der Waals surface area contributed by atoms with E-state index in [4.69, 9.17) is 26.2 Å². The van der Waals surface area contributed by atoms with Crippen LogP contribution in [0.3, 0.4) is 0 Å². The molecule has 0 N–H and O–H groups in total. The predicted octanol–water partition coefficient (Wildman–Crippen LogP) is 7.46. The third-order valence-corrected chi connectivity index (χ3v) is 6.35. The van der Waals surface area contributed by atoms with Gasteiger partial charge in [-0.3, -0.25) is 4.79 Å². The maximum atomic E-state index is 13.6. The van der Waals surface area contributed by atoms with Crippen LogP contribution in [0.5, 0.6) is 11.5 Å². The number of para-hydroxylation sites is 1. The van der Waals surface area contributed by atoms with Gasteiger partial charge < -0.3 is 9.47 Å². The number of rotatable bonds is 8. The molecule has 190 valence electrons. The van der Waals surface area contributed by atoms with Crippen molar-refractivity contribution in [2.24, 2.45) is 5.10 Å². The summed E-state index contributed by atoms with van der Waals surface area (Å²) in [6.45, 7) is 4.75. The Hall–Kier alpha value is -4.35. The molecule has 5 rings (SSSR count). The molecule has 1 amide bonds. The number of amides is 1. The van der Waals surface area contributed by atoms with Crippen LogP contribution in [-0.2, 0) is 11.4 Å². The molecular weight excluding hydrogens is 496 g/mol. The molecule has 0 saturated carbocycles. The number of hydrogen-bond acceptors (Lipinski definition) is 4. The lowest BCUT2D eigenvalue weighted by atomic mass is 10.00. The molecule has 5 nitrogen and oxygen atoms in total. The number of anilines is 1. The first-order valence-corrected chi connectivity index (χ1v) is 12.8. The molecule has 4 aromatic carbocycles. The first-order chi connectivity index (χ1) is 18.5. The van der Waals surface area contributed by atoms with Gasteiger partial charge in [-0.15, -0.1) is 0 Å². The highest BCUT2D eigenvalue weighted by molar-refractivity contribution is 6.37. The van der Waals surface area contributed by atoms with Gasteiger partial charge in [0, 0.05) is 5.56 Å². The second-order valence-corrected chi connectivity index (χ2v) is 9.27. The number of ether oxygens (including phenoxy) is 2. The Kier molecular flexibility index (Phi) is 7.57. The molecule has 6 heteroatoms. The molecule has 0 radical (unpaired) electrons. The monoisotopic (exact) mass is 522 g/mol. The second kappa shape index (κ2) is 11.4. The van der Waals surface area contributed by atoms with Crippen molar-refractivity contribution in [3.8, 4) is 11.5 Å². The number of benzene rings is 4. The topological polar surface area (TPSA) is 51.1 Å². The van der Waals surface area contributed by atoms with Crippen LogP contribution in [0.2, 0.25) is 5.02 Å². The molecular formula is C32H27ClN2O3. The summed E-state index contributed by atoms with van der Waals surface area (Å²) >= 11 is 6.70. The summed E-state index contributed by atoms with van der Waals surface area (Å²) in [6, 6.07) is 30.8. The molecule has 0 fully saturated rings. The lowest BCUT2D eigenvalue weighted by molar-refractivity contribution is -0.114. The van der Waals surface area contributed by atoms with Crippen LogP contribution in [0.4, 0.5) is 5.69 Å². The van der Waals surface area contributed by atoms with Crippen molar-refractivity contribution in [2.75, 3.05) is 11.6 Å². The molecule has 0 aromatic heterocycles. The number of carbonyl (C=O) groups is 1. The van der Waals surface area contributed by atoms with Crippen LogP contribution in [0.25, 0.3) is 6.08 Å². The van der Waals surface area contributed by atoms with Gasteiger partial charge in [-0.1, -0.05) is 90.0 Å². The van der Waals surface area contributed by atoms with E-state index in [1.165, 1.54) is 10.6 Å². The molecule has 4 aromatic rings. The van der Waals surface area contributed by atoms with Gasteiger partial charge in [-0.2, -0.15) is 10.1 Å². The Morgan fingerprint density at radius 2 is 1.58 bits per heavy atom. The number of carbonyl (C=O) groups excluding carboxylic acids is 1. The number of hydrazone groups is 1. The van der Waals surface area contributed by atoms with Gasteiger partial charge in [0.2, 0.25) is 0 Å². The fourth-order valence-corrected chi connectivity index (χ4v) is 4.45. The Morgan fingerprint density at radius 1 is 0.895 bits per heavy atom. The quantitative estimate of drug-likeness (QED) is 0.226. The highest BCUT2D eigenvalue weighted by Gasteiger charge is 2.32. The van der Waals surface area contributed by atoms with Crippen molar-refractivity contribution in [2.45, 2.75) is 20.5 Å². The fraction of sp³-hybridized carbons (Fsp3) is 0.125. The van der Waals surface area contributed by atoms with Gasteiger partial charge in [-0.25, -0.2) is 0 Å². The summed E-state index contributed by atoms with van der Waals surface area (Å²) in [5.41, 5.74) is 5.52. The van der Waals surface area contributed by atoms with E-state index in [1.54, 1.807) is 12.1 Å². The Morgan fingerprint density at radius 3 is 2.26 bits per heavy atom. The van der Waals surface area contributed by atoms with E-state index >= 15 is 0 Å². The van der Waals surface area contributed by atoms with E-state index in [0.717, 1.165) is 11.1 Å². The van der Waals surface area contributed by atoms with Gasteiger partial charge >= 0.3 is 0 Å². The highest BCUT2D eigenvalue weighted by atomic mass is 35.5. The third kappa shape index (κ3) is 5.48. The first-order valence-electron chi connectivity index (χ1n) is 12.4. The van der Waals surface area contributed by atoms with Crippen molar-refractivity contribution in [3.05, 3.63) is 130 Å². The SMILES string of the molecule is CCOc1cc(/C=C2\C(=O)N(c3ccccc3)N=C2c2ccccc2)cc(Cl)c1OCc1ccc(C)cc1. The molecule has 0 bridgehead atoms. The largest absolute Gasteiger partial charge is 0.490 e. The van der Waals surface area contributed by atoms with Crippen LogP contribution in [0, 0.1) is 6.92 Å². The summed E-state index contributed by atoms with van der Waals surface area (Å²) in [5, 5.41) is 6.53. The number of hydrogen-bond donors (Lipinski definition) is 0. The molecule has 0 aliphatic carbocycles. The zero-order valence-electron chi connectivity index (χ0n) is 21.2. The zero-order valence-corrected chi connectivity index (χ0v) is 22.0. The van der Waals surface area contributed by atoms with Gasteiger partial charge in [0.15, 0.2) is 11.5 Å². The standard InChI is InChI=1S/C32H27ClN2O3/c1-3-37-29-20-24(19-28(33)31(29)38-21-23-16-14-22(2)15-17-23)18-27-30(25-10-6-4-7-11-25)34-35(32(27)36)26-12-8-5-9-13-26/h4-20H,3,21H2,1-2H3/b27-18-. The summed E-state index contributed by atoms with van der Waals surface area (Å²) in [5.74, 6) is 0.767. The second-order valence-electron chi connectivity index (χ2n) is 8.86. The van der Waals surface area contributed by atoms with Crippen molar-refractivity contribution in [1.29, 1.82) is 0 Å². The summed E-state index contributed by atoms with van der Waals surface area (Å²) in [7, 11) is 0. The normalized spacial score (nSPS) is 14.1. The smallest absolute Gasteiger partial charge is 0.281 e. The van der Waals surface area contributed by atoms with Gasteiger partial charge in [0.1, 0.15) is 12.3 Å². The average molecular weight is 523 g/mol. The maximum absolute atomic E-state index is 13.6. The zero-order chi connectivity index (χ0) is 26.5. The molecule has 0 saturated heterocycles. The van der Waals surface area contributed by atoms with Crippen molar-refractivity contribution >= 4 is 35.0 Å². The maximum Gasteiger partial charge on any atom is 0.281 e. The number of aryl methyl sites for hydroxylation is 1. The van der Waals surface area contributed by atoms with E-state index in [1.807, 2.05) is 105 Å². The molecule has 0 spiro atoms. The Bertz CT molecular complexity index is 1500. The molecule has 1 aliphatic rings. The van der Waals surface area contributed by atoms with Crippen LogP contribution < -0.4 is 14.5 Å². The Balaban J connectivity index is 1.51. The molecule has 1 heterocycles. The highest BCUT2D eigenvalue weighted by Crippen LogP contribution is 2.38. The minimum atomic E-state index is -0.219. The first kappa shape index (κ1) is 25.3. The molecule has 1 aliphatic heterocycles. The molecule has 38 heavy (non-hydrogen) atoms. The summed E-state index contributed by atoms with van der Waals surface area (Å²) in [4.78, 5) is 13.6. The van der Waals surface area contributed by atoms with Gasteiger partial charge in [0.25, 0.3) is 5.91 Å². The van der Waals surface area contributed by atoms with Crippen LogP contribution in [0.15, 0.2) is 108 Å². The van der Waals surface area contributed by atoms with E-state index in [2.05, 4.69) is 0 Å². The summed E-state index contributed by atoms with van der Waals surface area (Å²) in [6.07, 6.45) is 1.80. The van der Waals surface area contributed by atoms with Crippen molar-refractivity contribution in [3.63, 3.8) is 0 Å². The minimum Gasteiger partial charge on any atom is -0.490 e. The minimum absolute atomic E-state index is 0.219. The predicted molar refractivity (Wildman–Crippen MR) is 153 cm³/mol. The fourth-order valence-electron chi connectivity index (χ4n) is 4.18. The van der Waals surface area contributed by atoms with Crippen LogP contribution >= 0.6 is 11.6 Å². The van der Waals surface area contributed by atoms with Crippen LogP contribution in [0.1, 0.15) is 29.2 Å². The molecule has 0 atom stereocenters. The molecule has 0 unspecified atom stereocenters. The third-order valence-electron chi connectivity index (χ3n) is 6.07. The van der Waals surface area contributed by atoms with Gasteiger partial charge in [-0.05, 0) is 55.3 Å². The Labute approximate surface area is 227 Å². The lowest BCUT2D eigenvalue weighted by Gasteiger charge is -2.15. The van der Waals surface area contributed by atoms with E-state index in [9.17, 15) is 4.79 Å². The summed E-state index contributed by atoms with van der Waals surface area (Å²) < 4.78 is 12.0. The van der Waals surface area contributed by atoms with Crippen molar-refractivity contribution < 1.29 is 14.3 Å². The van der Waals surface area contributed by atoms with Gasteiger partial charge in [0.05, 0.1) is 22.9 Å². The number of halogens is 1. The lowest BCUT2D eigenvalue weighted by Crippen LogP contribution is -2.21. The van der Waals surface area contributed by atoms with Crippen LogP contribution in [-0.4, -0.2) is 18.2 Å². The van der Waals surface area contributed by atoms with E-state index in [0.29, 0.717) is 52.3 Å². The number of nitrogens with zero attached hydrogens (tertiary/aromatic N) is 2. The van der Waals surface area contributed by atoms with E-state index in [-0.39, 0.29) is 5.91 Å². The van der Waals surface area contributed by atoms with Crippen molar-refractivity contribution in [1.82, 2.24) is 0 Å².